The Bertz CT molecular complexity index is 629. The molecule has 0 aliphatic rings. The van der Waals surface area contributed by atoms with Crippen molar-refractivity contribution in [1.82, 2.24) is 0 Å². The summed E-state index contributed by atoms with van der Waals surface area (Å²) in [6.07, 6.45) is 0. The van der Waals surface area contributed by atoms with Gasteiger partial charge in [0, 0.05) is 28.8 Å². The van der Waals surface area contributed by atoms with E-state index in [1.807, 2.05) is 31.2 Å². The summed E-state index contributed by atoms with van der Waals surface area (Å²) in [7, 11) is 0. The molecule has 6 heteroatoms. The van der Waals surface area contributed by atoms with Gasteiger partial charge in [0.15, 0.2) is 0 Å². The second kappa shape index (κ2) is 7.08. The largest absolute Gasteiger partial charge is 0.494 e. The number of hydrogen-bond acceptors (Lipinski definition) is 4. The summed E-state index contributed by atoms with van der Waals surface area (Å²) in [5.74, 6) is 0.845. The van der Waals surface area contributed by atoms with Gasteiger partial charge in [0.2, 0.25) is 0 Å². The first-order valence-corrected chi connectivity index (χ1v) is 7.29. The maximum atomic E-state index is 10.7. The third kappa shape index (κ3) is 4.19. The number of nitro benzene ring substituents is 1. The number of nitrogens with one attached hydrogen (secondary N) is 1. The lowest BCUT2D eigenvalue weighted by Gasteiger charge is -2.09. The van der Waals surface area contributed by atoms with Crippen LogP contribution in [0.2, 0.25) is 0 Å². The van der Waals surface area contributed by atoms with E-state index in [0.717, 1.165) is 17.0 Å². The molecular weight excluding hydrogens is 336 g/mol. The van der Waals surface area contributed by atoms with Gasteiger partial charge >= 0.3 is 0 Å². The summed E-state index contributed by atoms with van der Waals surface area (Å²) in [5, 5.41) is 13.9. The lowest BCUT2D eigenvalue weighted by atomic mass is 10.2. The van der Waals surface area contributed by atoms with Crippen molar-refractivity contribution in [3.05, 3.63) is 62.6 Å². The minimum atomic E-state index is -0.416. The molecule has 0 atom stereocenters. The number of ether oxygens (including phenoxy) is 1. The van der Waals surface area contributed by atoms with Crippen molar-refractivity contribution < 1.29 is 9.66 Å². The number of rotatable bonds is 6. The van der Waals surface area contributed by atoms with Crippen LogP contribution in [0.15, 0.2) is 46.9 Å². The van der Waals surface area contributed by atoms with Gasteiger partial charge in [-0.05, 0) is 46.6 Å². The molecule has 0 spiro atoms. The van der Waals surface area contributed by atoms with Crippen molar-refractivity contribution in [2.24, 2.45) is 0 Å². The molecule has 1 N–H and O–H groups in total. The molecule has 2 aromatic carbocycles. The highest BCUT2D eigenvalue weighted by atomic mass is 79.9. The Labute approximate surface area is 131 Å². The Hall–Kier alpha value is -2.08. The van der Waals surface area contributed by atoms with Gasteiger partial charge in [-0.15, -0.1) is 0 Å². The van der Waals surface area contributed by atoms with E-state index in [-0.39, 0.29) is 5.69 Å². The predicted octanol–water partition coefficient (Wildman–Crippen LogP) is 4.37. The quantitative estimate of drug-likeness (QED) is 0.620. The molecule has 110 valence electrons. The van der Waals surface area contributed by atoms with Crippen molar-refractivity contribution in [2.45, 2.75) is 13.5 Å². The normalized spacial score (nSPS) is 10.2. The van der Waals surface area contributed by atoms with Gasteiger partial charge in [0.25, 0.3) is 5.69 Å². The van der Waals surface area contributed by atoms with Crippen LogP contribution in [0.3, 0.4) is 0 Å². The highest BCUT2D eigenvalue weighted by molar-refractivity contribution is 9.10. The summed E-state index contributed by atoms with van der Waals surface area (Å²) in [6, 6.07) is 12.5. The van der Waals surface area contributed by atoms with E-state index in [2.05, 4.69) is 21.2 Å². The highest BCUT2D eigenvalue weighted by Gasteiger charge is 2.08. The first-order valence-electron chi connectivity index (χ1n) is 6.49. The monoisotopic (exact) mass is 350 g/mol. The van der Waals surface area contributed by atoms with Crippen LogP contribution in [-0.4, -0.2) is 11.5 Å². The molecule has 0 aliphatic heterocycles. The van der Waals surface area contributed by atoms with Crippen molar-refractivity contribution >= 4 is 27.3 Å². The minimum absolute atomic E-state index is 0.0634. The lowest BCUT2D eigenvalue weighted by molar-refractivity contribution is -0.384. The van der Waals surface area contributed by atoms with Gasteiger partial charge in [0.05, 0.1) is 11.5 Å². The Morgan fingerprint density at radius 1 is 1.24 bits per heavy atom. The summed E-state index contributed by atoms with van der Waals surface area (Å²) >= 11 is 3.33. The first kappa shape index (κ1) is 15.3. The molecule has 0 fully saturated rings. The molecule has 0 heterocycles. The molecule has 0 saturated carbocycles. The predicted molar refractivity (Wildman–Crippen MR) is 85.7 cm³/mol. The summed E-state index contributed by atoms with van der Waals surface area (Å²) in [4.78, 5) is 10.3. The zero-order valence-corrected chi connectivity index (χ0v) is 13.1. The van der Waals surface area contributed by atoms with E-state index in [1.165, 1.54) is 12.1 Å². The molecule has 0 amide bonds. The topological polar surface area (TPSA) is 64.4 Å². The molecular formula is C15H15BrN2O3. The van der Waals surface area contributed by atoms with Gasteiger partial charge in [-0.1, -0.05) is 12.1 Å². The van der Waals surface area contributed by atoms with Crippen molar-refractivity contribution in [3.8, 4) is 5.75 Å². The van der Waals surface area contributed by atoms with Crippen molar-refractivity contribution in [2.75, 3.05) is 11.9 Å². The van der Waals surface area contributed by atoms with Crippen LogP contribution in [0.4, 0.5) is 11.4 Å². The maximum Gasteiger partial charge on any atom is 0.270 e. The second-order valence-electron chi connectivity index (χ2n) is 4.35. The number of anilines is 1. The standard InChI is InChI=1S/C15H15BrN2O3/c1-2-21-13-6-3-11(4-7-13)10-17-15-8-5-12(18(19)20)9-14(15)16/h3-9,17H,2,10H2,1H3. The number of nitro groups is 1. The fourth-order valence-corrected chi connectivity index (χ4v) is 2.34. The summed E-state index contributed by atoms with van der Waals surface area (Å²) in [5.41, 5.74) is 1.98. The second-order valence-corrected chi connectivity index (χ2v) is 5.21. The molecule has 0 radical (unpaired) electrons. The number of hydrogen-bond donors (Lipinski definition) is 1. The van der Waals surface area contributed by atoms with Crippen LogP contribution in [0.25, 0.3) is 0 Å². The van der Waals surface area contributed by atoms with Gasteiger partial charge in [-0.3, -0.25) is 10.1 Å². The lowest BCUT2D eigenvalue weighted by Crippen LogP contribution is -2.01. The fraction of sp³-hybridized carbons (Fsp3) is 0.200. The molecule has 0 unspecified atom stereocenters. The Morgan fingerprint density at radius 3 is 2.52 bits per heavy atom. The van der Waals surface area contributed by atoms with Crippen LogP contribution in [-0.2, 0) is 6.54 Å². The summed E-state index contributed by atoms with van der Waals surface area (Å²) in [6.45, 7) is 3.22. The Balaban J connectivity index is 2.01. The Kier molecular flexibility index (Phi) is 5.16. The summed E-state index contributed by atoms with van der Waals surface area (Å²) < 4.78 is 6.06. The van der Waals surface area contributed by atoms with Crippen LogP contribution >= 0.6 is 15.9 Å². The van der Waals surface area contributed by atoms with Crippen LogP contribution in [0.1, 0.15) is 12.5 Å². The average molecular weight is 351 g/mol. The molecule has 0 aliphatic carbocycles. The molecule has 2 rings (SSSR count). The van der Waals surface area contributed by atoms with E-state index in [1.54, 1.807) is 6.07 Å². The third-order valence-corrected chi connectivity index (χ3v) is 3.54. The molecule has 0 bridgehead atoms. The van der Waals surface area contributed by atoms with Gasteiger partial charge in [0.1, 0.15) is 5.75 Å². The van der Waals surface area contributed by atoms with E-state index < -0.39 is 4.92 Å². The molecule has 0 saturated heterocycles. The zero-order valence-electron chi connectivity index (χ0n) is 11.5. The van der Waals surface area contributed by atoms with Gasteiger partial charge in [-0.25, -0.2) is 0 Å². The SMILES string of the molecule is CCOc1ccc(CNc2ccc([N+](=O)[O-])cc2Br)cc1. The van der Waals surface area contributed by atoms with Crippen LogP contribution in [0.5, 0.6) is 5.75 Å². The number of nitrogens with zero attached hydrogens (tertiary/aromatic N) is 1. The zero-order chi connectivity index (χ0) is 15.2. The Morgan fingerprint density at radius 2 is 1.95 bits per heavy atom. The number of non-ortho nitro benzene ring substituents is 1. The molecule has 21 heavy (non-hydrogen) atoms. The average Bonchev–Trinajstić information content (AvgIpc) is 2.47. The fourth-order valence-electron chi connectivity index (χ4n) is 1.83. The van der Waals surface area contributed by atoms with E-state index in [9.17, 15) is 10.1 Å². The minimum Gasteiger partial charge on any atom is -0.494 e. The smallest absolute Gasteiger partial charge is 0.270 e. The number of halogens is 1. The molecule has 5 nitrogen and oxygen atoms in total. The molecule has 0 aromatic heterocycles. The third-order valence-electron chi connectivity index (χ3n) is 2.88. The molecule has 2 aromatic rings. The number of benzene rings is 2. The van der Waals surface area contributed by atoms with Crippen molar-refractivity contribution in [1.29, 1.82) is 0 Å². The van der Waals surface area contributed by atoms with Crippen molar-refractivity contribution in [3.63, 3.8) is 0 Å². The maximum absolute atomic E-state index is 10.7. The van der Waals surface area contributed by atoms with Crippen LogP contribution < -0.4 is 10.1 Å². The van der Waals surface area contributed by atoms with Gasteiger partial charge < -0.3 is 10.1 Å². The van der Waals surface area contributed by atoms with Gasteiger partial charge in [-0.2, -0.15) is 0 Å². The highest BCUT2D eigenvalue weighted by Crippen LogP contribution is 2.27. The van der Waals surface area contributed by atoms with E-state index in [4.69, 9.17) is 4.74 Å². The van der Waals surface area contributed by atoms with E-state index >= 15 is 0 Å². The van der Waals surface area contributed by atoms with E-state index in [0.29, 0.717) is 17.6 Å². The van der Waals surface area contributed by atoms with Crippen LogP contribution in [0, 0.1) is 10.1 Å². The first-order chi connectivity index (χ1) is 10.1.